The molecule has 0 unspecified atom stereocenters. The van der Waals surface area contributed by atoms with Crippen LogP contribution in [0.5, 0.6) is 5.75 Å². The van der Waals surface area contributed by atoms with E-state index < -0.39 is 18.5 Å². The number of thiazole rings is 1. The van der Waals surface area contributed by atoms with E-state index in [2.05, 4.69) is 25.3 Å². The van der Waals surface area contributed by atoms with E-state index in [1.54, 1.807) is 37.7 Å². The summed E-state index contributed by atoms with van der Waals surface area (Å²) in [6.45, 7) is -0.440. The summed E-state index contributed by atoms with van der Waals surface area (Å²) in [5.74, 6) is 0.231. The number of imidazole rings is 1. The van der Waals surface area contributed by atoms with Gasteiger partial charge >= 0.3 is 5.97 Å². The molecule has 10 heteroatoms. The van der Waals surface area contributed by atoms with Crippen molar-refractivity contribution in [3.8, 4) is 28.4 Å². The average molecular weight is 486 g/mol. The minimum absolute atomic E-state index is 0.305. The molecule has 5 rings (SSSR count). The number of methoxy groups -OCH3 is 1. The Labute approximate surface area is 203 Å². The summed E-state index contributed by atoms with van der Waals surface area (Å²) in [5.41, 5.74) is 4.01. The Morgan fingerprint density at radius 1 is 1.09 bits per heavy atom. The Kier molecular flexibility index (Phi) is 6.18. The van der Waals surface area contributed by atoms with E-state index in [1.807, 2.05) is 41.8 Å². The van der Waals surface area contributed by atoms with Crippen molar-refractivity contribution in [2.45, 2.75) is 0 Å². The number of H-pyrrole nitrogens is 1. The Balaban J connectivity index is 1.21. The van der Waals surface area contributed by atoms with E-state index in [1.165, 1.54) is 11.3 Å². The molecule has 5 aromatic rings. The van der Waals surface area contributed by atoms with E-state index in [0.717, 1.165) is 11.1 Å². The Hall–Kier alpha value is -4.57. The summed E-state index contributed by atoms with van der Waals surface area (Å²) < 4.78 is 10.6. The molecular weight excluding hydrogens is 466 g/mol. The molecule has 0 atom stereocenters. The molecule has 2 N–H and O–H groups in total. The number of nitrogens with zero attached hydrogens (tertiary/aromatic N) is 3. The molecule has 0 saturated carbocycles. The number of anilines is 1. The second-order valence-electron chi connectivity index (χ2n) is 7.42. The quantitative estimate of drug-likeness (QED) is 0.325. The number of pyridine rings is 1. The van der Waals surface area contributed by atoms with Gasteiger partial charge in [-0.05, 0) is 42.5 Å². The van der Waals surface area contributed by atoms with Crippen LogP contribution in [0, 0.1) is 0 Å². The highest BCUT2D eigenvalue weighted by Crippen LogP contribution is 2.31. The van der Waals surface area contributed by atoms with Crippen LogP contribution in [-0.4, -0.2) is 45.5 Å². The van der Waals surface area contributed by atoms with E-state index in [4.69, 9.17) is 9.47 Å². The molecule has 3 aromatic heterocycles. The number of rotatable bonds is 7. The zero-order valence-corrected chi connectivity index (χ0v) is 19.3. The first-order valence-corrected chi connectivity index (χ1v) is 11.4. The topological polar surface area (TPSA) is 119 Å². The number of hydrogen-bond donors (Lipinski definition) is 2. The zero-order chi connectivity index (χ0) is 24.2. The number of ether oxygens (including phenoxy) is 2. The maximum absolute atomic E-state index is 12.5. The lowest BCUT2D eigenvalue weighted by Gasteiger charge is -2.06. The van der Waals surface area contributed by atoms with Gasteiger partial charge < -0.3 is 14.5 Å². The minimum Gasteiger partial charge on any atom is -0.496 e. The molecule has 0 bridgehead atoms. The number of carbonyl (C=O) groups is 2. The van der Waals surface area contributed by atoms with Crippen LogP contribution >= 0.6 is 11.3 Å². The van der Waals surface area contributed by atoms with Crippen molar-refractivity contribution < 1.29 is 19.1 Å². The zero-order valence-electron chi connectivity index (χ0n) is 18.5. The number of amides is 1. The highest BCUT2D eigenvalue weighted by atomic mass is 32.1. The number of para-hydroxylation sites is 1. The first kappa shape index (κ1) is 22.2. The molecule has 0 saturated heterocycles. The van der Waals surface area contributed by atoms with Gasteiger partial charge in [-0.15, -0.1) is 11.3 Å². The van der Waals surface area contributed by atoms with Crippen molar-refractivity contribution in [1.82, 2.24) is 19.9 Å². The summed E-state index contributed by atoms with van der Waals surface area (Å²) in [6, 6.07) is 16.2. The van der Waals surface area contributed by atoms with Gasteiger partial charge in [-0.1, -0.05) is 12.1 Å². The summed E-state index contributed by atoms with van der Waals surface area (Å²) >= 11 is 1.27. The Morgan fingerprint density at radius 3 is 2.80 bits per heavy atom. The monoisotopic (exact) mass is 485 g/mol. The lowest BCUT2D eigenvalue weighted by Crippen LogP contribution is -2.20. The SMILES string of the molecule is COc1ccccc1-c1csc(NC(=O)COC(=O)c2ccc3nc(-c4cccnc4)[nH]c3c2)n1. The molecule has 0 fully saturated rings. The van der Waals surface area contributed by atoms with Gasteiger partial charge in [0.2, 0.25) is 0 Å². The number of benzene rings is 2. The number of carbonyl (C=O) groups excluding carboxylic acids is 2. The maximum Gasteiger partial charge on any atom is 0.338 e. The standard InChI is InChI=1S/C25H19N5O4S/c1-33-21-7-3-2-6-17(21)20-14-35-25(29-20)30-22(31)13-34-24(32)15-8-9-18-19(11-15)28-23(27-18)16-5-4-10-26-12-16/h2-12,14H,13H2,1H3,(H,27,28)(H,29,30,31). The van der Waals surface area contributed by atoms with Gasteiger partial charge in [0.1, 0.15) is 11.6 Å². The fraction of sp³-hybridized carbons (Fsp3) is 0.0800. The van der Waals surface area contributed by atoms with Crippen LogP contribution in [0.4, 0.5) is 5.13 Å². The molecule has 0 aliphatic heterocycles. The summed E-state index contributed by atoms with van der Waals surface area (Å²) in [7, 11) is 1.59. The van der Waals surface area contributed by atoms with Gasteiger partial charge in [-0.3, -0.25) is 15.1 Å². The van der Waals surface area contributed by atoms with Crippen LogP contribution in [0.25, 0.3) is 33.7 Å². The van der Waals surface area contributed by atoms with Gasteiger partial charge in [0, 0.05) is 28.9 Å². The number of hydrogen-bond acceptors (Lipinski definition) is 8. The molecule has 0 spiro atoms. The molecule has 0 radical (unpaired) electrons. The van der Waals surface area contributed by atoms with E-state index >= 15 is 0 Å². The lowest BCUT2D eigenvalue weighted by molar-refractivity contribution is -0.119. The first-order valence-electron chi connectivity index (χ1n) is 10.6. The molecule has 174 valence electrons. The molecule has 0 aliphatic rings. The van der Waals surface area contributed by atoms with Gasteiger partial charge in [0.25, 0.3) is 5.91 Å². The average Bonchev–Trinajstić information content (AvgIpc) is 3.54. The largest absolute Gasteiger partial charge is 0.496 e. The van der Waals surface area contributed by atoms with Crippen LogP contribution in [0.1, 0.15) is 10.4 Å². The van der Waals surface area contributed by atoms with Gasteiger partial charge in [-0.2, -0.15) is 0 Å². The van der Waals surface area contributed by atoms with E-state index in [-0.39, 0.29) is 0 Å². The number of aromatic amines is 1. The molecule has 35 heavy (non-hydrogen) atoms. The van der Waals surface area contributed by atoms with Crippen molar-refractivity contribution in [3.63, 3.8) is 0 Å². The first-order chi connectivity index (χ1) is 17.1. The van der Waals surface area contributed by atoms with Crippen molar-refractivity contribution in [2.24, 2.45) is 0 Å². The highest BCUT2D eigenvalue weighted by molar-refractivity contribution is 7.14. The van der Waals surface area contributed by atoms with E-state index in [0.29, 0.717) is 39.0 Å². The molecule has 2 aromatic carbocycles. The normalized spacial score (nSPS) is 10.8. The molecule has 1 amide bonds. The summed E-state index contributed by atoms with van der Waals surface area (Å²) in [6.07, 6.45) is 3.39. The summed E-state index contributed by atoms with van der Waals surface area (Å²) in [4.78, 5) is 41.0. The van der Waals surface area contributed by atoms with Gasteiger partial charge in [-0.25, -0.2) is 14.8 Å². The fourth-order valence-electron chi connectivity index (χ4n) is 3.46. The van der Waals surface area contributed by atoms with Crippen LogP contribution in [-0.2, 0) is 9.53 Å². The molecule has 3 heterocycles. The maximum atomic E-state index is 12.5. The summed E-state index contributed by atoms with van der Waals surface area (Å²) in [5, 5.41) is 4.87. The molecule has 0 aliphatic carbocycles. The lowest BCUT2D eigenvalue weighted by atomic mass is 10.1. The smallest absolute Gasteiger partial charge is 0.338 e. The number of aromatic nitrogens is 4. The van der Waals surface area contributed by atoms with Crippen LogP contribution < -0.4 is 10.1 Å². The highest BCUT2D eigenvalue weighted by Gasteiger charge is 2.15. The minimum atomic E-state index is -0.617. The molecular formula is C25H19N5O4S. The number of esters is 1. The van der Waals surface area contributed by atoms with Crippen molar-refractivity contribution in [2.75, 3.05) is 19.0 Å². The fourth-order valence-corrected chi connectivity index (χ4v) is 4.18. The molecule has 9 nitrogen and oxygen atoms in total. The third-order valence-corrected chi connectivity index (χ3v) is 5.88. The van der Waals surface area contributed by atoms with Crippen LogP contribution in [0.2, 0.25) is 0 Å². The second kappa shape index (κ2) is 9.74. The van der Waals surface area contributed by atoms with E-state index in [9.17, 15) is 9.59 Å². The van der Waals surface area contributed by atoms with Crippen molar-refractivity contribution >= 4 is 39.4 Å². The van der Waals surface area contributed by atoms with Gasteiger partial charge in [0.05, 0.1) is 29.4 Å². The number of fused-ring (bicyclic) bond motifs is 1. The number of nitrogens with one attached hydrogen (secondary N) is 2. The predicted molar refractivity (Wildman–Crippen MR) is 132 cm³/mol. The Morgan fingerprint density at radius 2 is 1.97 bits per heavy atom. The van der Waals surface area contributed by atoms with Crippen LogP contribution in [0.3, 0.4) is 0 Å². The second-order valence-corrected chi connectivity index (χ2v) is 8.28. The third kappa shape index (κ3) is 4.87. The van der Waals surface area contributed by atoms with Crippen molar-refractivity contribution in [3.05, 3.63) is 77.9 Å². The third-order valence-electron chi connectivity index (χ3n) is 5.12. The van der Waals surface area contributed by atoms with Crippen molar-refractivity contribution in [1.29, 1.82) is 0 Å². The van der Waals surface area contributed by atoms with Gasteiger partial charge in [0.15, 0.2) is 11.7 Å². The Bertz CT molecular complexity index is 1510. The van der Waals surface area contributed by atoms with Crippen LogP contribution in [0.15, 0.2) is 72.4 Å². The predicted octanol–water partition coefficient (Wildman–Crippen LogP) is 4.55.